The molecule has 244 valence electrons. The van der Waals surface area contributed by atoms with Crippen LogP contribution < -0.4 is 15.8 Å². The molecule has 1 amide bonds. The van der Waals surface area contributed by atoms with Crippen LogP contribution >= 0.6 is 0 Å². The smallest absolute Gasteiger partial charge is 0.236 e. The molecule has 2 aromatic carbocycles. The number of nitrogens with two attached hydrogens (primary N) is 1. The number of amides is 1. The Labute approximate surface area is 269 Å². The highest BCUT2D eigenvalue weighted by Gasteiger charge is 2.35. The second-order valence-electron chi connectivity index (χ2n) is 12.4. The Morgan fingerprint density at radius 1 is 0.891 bits per heavy atom. The van der Waals surface area contributed by atoms with E-state index in [0.29, 0.717) is 60.6 Å². The molecule has 0 radical (unpaired) electrons. The number of aliphatic hydroxyl groups is 2. The monoisotopic (exact) mass is 628 g/mol. The molecule has 3 aliphatic heterocycles. The third-order valence-electron chi connectivity index (χ3n) is 9.23. The highest BCUT2D eigenvalue weighted by molar-refractivity contribution is 5.98. The minimum Gasteiger partial charge on any atom is -0.457 e. The van der Waals surface area contributed by atoms with Crippen molar-refractivity contribution in [3.05, 3.63) is 60.9 Å². The average Bonchev–Trinajstić information content (AvgIpc) is 3.46. The van der Waals surface area contributed by atoms with Gasteiger partial charge in [-0.1, -0.05) is 18.2 Å². The van der Waals surface area contributed by atoms with Gasteiger partial charge in [0.2, 0.25) is 5.91 Å². The molecule has 12 heteroatoms. The second-order valence-corrected chi connectivity index (χ2v) is 12.4. The van der Waals surface area contributed by atoms with E-state index in [-0.39, 0.29) is 18.6 Å². The van der Waals surface area contributed by atoms with Crippen LogP contribution in [0.15, 0.2) is 60.9 Å². The largest absolute Gasteiger partial charge is 0.457 e. The van der Waals surface area contributed by atoms with Crippen LogP contribution in [0.4, 0.5) is 5.82 Å². The number of carbonyl (C=O) groups excluding carboxylic acids is 1. The van der Waals surface area contributed by atoms with Crippen LogP contribution in [-0.2, 0) is 4.79 Å². The van der Waals surface area contributed by atoms with Crippen molar-refractivity contribution >= 4 is 22.8 Å². The molecule has 0 spiro atoms. The maximum absolute atomic E-state index is 12.9. The van der Waals surface area contributed by atoms with Crippen molar-refractivity contribution in [2.75, 3.05) is 64.8 Å². The number of para-hydroxylation sites is 1. The standard InChI is InChI=1S/C28H31N7O3.C6H13NO/c29-27-25-26(20-6-8-23(9-7-20)38-22-4-2-1-3-5-22)32-35(28(25)31-18-30-27)21-14-34(15-21)24(37)16-33-12-10-19(17-36)11-13-33;8-5-6-1-3-7-4-2-6/h1-9,18-19,21,36H,10-17H2,(H2,29,30,31);6-8H,1-5H2. The fourth-order valence-corrected chi connectivity index (χ4v) is 6.25. The number of benzene rings is 2. The Morgan fingerprint density at radius 3 is 2.20 bits per heavy atom. The maximum Gasteiger partial charge on any atom is 0.236 e. The van der Waals surface area contributed by atoms with Crippen LogP contribution in [0.2, 0.25) is 0 Å². The van der Waals surface area contributed by atoms with Gasteiger partial charge in [0, 0.05) is 31.9 Å². The van der Waals surface area contributed by atoms with Crippen LogP contribution in [0, 0.1) is 11.8 Å². The first kappa shape index (κ1) is 31.9. The number of ether oxygens (including phenoxy) is 1. The first-order valence-corrected chi connectivity index (χ1v) is 16.3. The summed E-state index contributed by atoms with van der Waals surface area (Å²) < 4.78 is 7.81. The number of carbonyl (C=O) groups is 1. The molecule has 3 saturated heterocycles. The van der Waals surface area contributed by atoms with Crippen molar-refractivity contribution in [3.63, 3.8) is 0 Å². The van der Waals surface area contributed by atoms with Gasteiger partial charge in [0.1, 0.15) is 29.3 Å². The van der Waals surface area contributed by atoms with Crippen molar-refractivity contribution in [2.24, 2.45) is 11.8 Å². The van der Waals surface area contributed by atoms with Crippen LogP contribution in [0.1, 0.15) is 31.7 Å². The molecule has 5 N–H and O–H groups in total. The summed E-state index contributed by atoms with van der Waals surface area (Å²) in [5, 5.41) is 26.9. The van der Waals surface area contributed by atoms with Gasteiger partial charge in [-0.25, -0.2) is 14.6 Å². The number of nitrogens with one attached hydrogen (secondary N) is 1. The summed E-state index contributed by atoms with van der Waals surface area (Å²) in [6.45, 7) is 6.07. The SMILES string of the molecule is Nc1ncnc2c1c(-c1ccc(Oc3ccccc3)cc1)nn2C1CN(C(=O)CN2CCC(CO)CC2)C1.OCC1CCNCC1. The second kappa shape index (κ2) is 15.0. The Morgan fingerprint density at radius 2 is 1.54 bits per heavy atom. The molecular formula is C34H44N8O4. The van der Waals surface area contributed by atoms with Gasteiger partial charge >= 0.3 is 0 Å². The van der Waals surface area contributed by atoms with E-state index in [1.54, 1.807) is 0 Å². The lowest BCUT2D eigenvalue weighted by atomic mass is 9.98. The molecule has 0 saturated carbocycles. The number of aliphatic hydroxyl groups excluding tert-OH is 2. The fourth-order valence-electron chi connectivity index (χ4n) is 6.25. The Hall–Kier alpha value is -4.10. The quantitative estimate of drug-likeness (QED) is 0.229. The minimum absolute atomic E-state index is 0.0188. The van der Waals surface area contributed by atoms with Crippen LogP contribution in [0.5, 0.6) is 11.5 Å². The molecule has 2 aromatic heterocycles. The van der Waals surface area contributed by atoms with E-state index in [1.165, 1.54) is 6.33 Å². The summed E-state index contributed by atoms with van der Waals surface area (Å²) in [5.41, 5.74) is 8.54. The number of hydrogen-bond acceptors (Lipinski definition) is 10. The first-order chi connectivity index (χ1) is 22.5. The lowest BCUT2D eigenvalue weighted by molar-refractivity contribution is -0.138. The molecule has 3 fully saturated rings. The predicted molar refractivity (Wildman–Crippen MR) is 176 cm³/mol. The first-order valence-electron chi connectivity index (χ1n) is 16.3. The van der Waals surface area contributed by atoms with Gasteiger partial charge in [0.25, 0.3) is 0 Å². The summed E-state index contributed by atoms with van der Waals surface area (Å²) in [5.74, 6) is 2.94. The number of rotatable bonds is 8. The molecule has 7 rings (SSSR count). The Kier molecular flexibility index (Phi) is 10.4. The van der Waals surface area contributed by atoms with E-state index >= 15 is 0 Å². The molecule has 0 bridgehead atoms. The number of nitrogen functional groups attached to an aromatic ring is 1. The normalized spacial score (nSPS) is 18.2. The highest BCUT2D eigenvalue weighted by atomic mass is 16.5. The van der Waals surface area contributed by atoms with Crippen molar-refractivity contribution in [1.82, 2.24) is 34.9 Å². The number of anilines is 1. The molecule has 12 nitrogen and oxygen atoms in total. The molecular weight excluding hydrogens is 584 g/mol. The van der Waals surface area contributed by atoms with Gasteiger partial charge in [-0.3, -0.25) is 9.69 Å². The fraction of sp³-hybridized carbons (Fsp3) is 0.471. The predicted octanol–water partition coefficient (Wildman–Crippen LogP) is 2.93. The molecule has 0 aliphatic carbocycles. The summed E-state index contributed by atoms with van der Waals surface area (Å²) in [7, 11) is 0. The molecule has 0 unspecified atom stereocenters. The molecule has 3 aliphatic rings. The lowest BCUT2D eigenvalue weighted by Crippen LogP contribution is -2.54. The lowest BCUT2D eigenvalue weighted by Gasteiger charge is -2.41. The van der Waals surface area contributed by atoms with Crippen LogP contribution in [-0.4, -0.2) is 105 Å². The van der Waals surface area contributed by atoms with E-state index in [9.17, 15) is 9.90 Å². The van der Waals surface area contributed by atoms with E-state index in [4.69, 9.17) is 20.7 Å². The molecule has 46 heavy (non-hydrogen) atoms. The van der Waals surface area contributed by atoms with Crippen molar-refractivity contribution in [2.45, 2.75) is 31.7 Å². The number of nitrogens with zero attached hydrogens (tertiary/aromatic N) is 6. The van der Waals surface area contributed by atoms with Gasteiger partial charge in [-0.15, -0.1) is 0 Å². The molecule has 5 heterocycles. The van der Waals surface area contributed by atoms with Crippen molar-refractivity contribution < 1.29 is 19.7 Å². The Balaban J connectivity index is 0.000000407. The number of aromatic nitrogens is 4. The van der Waals surface area contributed by atoms with Crippen molar-refractivity contribution in [1.29, 1.82) is 0 Å². The van der Waals surface area contributed by atoms with Crippen LogP contribution in [0.25, 0.3) is 22.3 Å². The maximum atomic E-state index is 12.9. The summed E-state index contributed by atoms with van der Waals surface area (Å²) in [6.07, 6.45) is 5.63. The zero-order valence-corrected chi connectivity index (χ0v) is 26.2. The average molecular weight is 629 g/mol. The summed E-state index contributed by atoms with van der Waals surface area (Å²) in [6, 6.07) is 17.4. The summed E-state index contributed by atoms with van der Waals surface area (Å²) in [4.78, 5) is 25.6. The van der Waals surface area contributed by atoms with Gasteiger partial charge < -0.3 is 30.9 Å². The van der Waals surface area contributed by atoms with E-state index < -0.39 is 0 Å². The van der Waals surface area contributed by atoms with Gasteiger partial charge in [0.05, 0.1) is 18.0 Å². The van der Waals surface area contributed by atoms with E-state index in [0.717, 1.165) is 68.9 Å². The third-order valence-corrected chi connectivity index (χ3v) is 9.23. The summed E-state index contributed by atoms with van der Waals surface area (Å²) >= 11 is 0. The zero-order valence-electron chi connectivity index (χ0n) is 26.2. The van der Waals surface area contributed by atoms with E-state index in [1.807, 2.05) is 64.2 Å². The number of hydrogen-bond donors (Lipinski definition) is 4. The molecule has 4 aromatic rings. The number of piperidine rings is 2. The zero-order chi connectivity index (χ0) is 31.9. The van der Waals surface area contributed by atoms with Gasteiger partial charge in [-0.2, -0.15) is 5.10 Å². The topological polar surface area (TPSA) is 155 Å². The third kappa shape index (κ3) is 7.47. The van der Waals surface area contributed by atoms with E-state index in [2.05, 4.69) is 20.2 Å². The number of fused-ring (bicyclic) bond motifs is 1. The molecule has 0 atom stereocenters. The minimum atomic E-state index is 0.0188. The van der Waals surface area contributed by atoms with Crippen molar-refractivity contribution in [3.8, 4) is 22.8 Å². The highest BCUT2D eigenvalue weighted by Crippen LogP contribution is 2.35. The van der Waals surface area contributed by atoms with Gasteiger partial charge in [-0.05, 0) is 100 Å². The number of likely N-dealkylation sites (tertiary alicyclic amines) is 2. The van der Waals surface area contributed by atoms with Gasteiger partial charge in [0.15, 0.2) is 5.65 Å². The Bertz CT molecular complexity index is 1560. The van der Waals surface area contributed by atoms with Crippen LogP contribution in [0.3, 0.4) is 0 Å².